The molecule has 0 aliphatic rings. The fraction of sp³-hybridized carbons (Fsp3) is 0.214. The zero-order valence-corrected chi connectivity index (χ0v) is 11.4. The van der Waals surface area contributed by atoms with E-state index in [1.54, 1.807) is 37.4 Å². The van der Waals surface area contributed by atoms with Crippen LogP contribution in [-0.4, -0.2) is 23.0 Å². The lowest BCUT2D eigenvalue weighted by Crippen LogP contribution is -2.23. The number of aromatic nitrogens is 2. The van der Waals surface area contributed by atoms with Crippen molar-refractivity contribution in [3.63, 3.8) is 0 Å². The number of benzene rings is 1. The van der Waals surface area contributed by atoms with E-state index in [1.807, 2.05) is 0 Å². The van der Waals surface area contributed by atoms with Crippen molar-refractivity contribution in [3.05, 3.63) is 47.5 Å². The van der Waals surface area contributed by atoms with Crippen LogP contribution in [0.1, 0.15) is 21.9 Å². The van der Waals surface area contributed by atoms with Crippen LogP contribution in [0.25, 0.3) is 0 Å². The number of carbonyl (C=O) groups is 1. The molecular weight excluding hydrogens is 256 g/mol. The van der Waals surface area contributed by atoms with Gasteiger partial charge in [-0.1, -0.05) is 0 Å². The molecule has 0 atom stereocenters. The number of nitrogens with zero attached hydrogens (tertiary/aromatic N) is 2. The molecule has 2 rings (SSSR count). The average molecular weight is 272 g/mol. The summed E-state index contributed by atoms with van der Waals surface area (Å²) < 4.78 is 5.09. The molecule has 1 heterocycles. The van der Waals surface area contributed by atoms with Gasteiger partial charge in [0.15, 0.2) is 0 Å². The molecule has 1 aromatic carbocycles. The highest BCUT2D eigenvalue weighted by molar-refractivity contribution is 5.95. The van der Waals surface area contributed by atoms with Crippen molar-refractivity contribution in [2.75, 3.05) is 12.8 Å². The first kappa shape index (κ1) is 13.8. The van der Waals surface area contributed by atoms with Crippen LogP contribution in [0.2, 0.25) is 0 Å². The molecule has 0 radical (unpaired) electrons. The topological polar surface area (TPSA) is 90.1 Å². The van der Waals surface area contributed by atoms with Gasteiger partial charge in [0.2, 0.25) is 0 Å². The Labute approximate surface area is 117 Å². The smallest absolute Gasteiger partial charge is 0.251 e. The monoisotopic (exact) mass is 272 g/mol. The fourth-order valence-electron chi connectivity index (χ4n) is 1.73. The van der Waals surface area contributed by atoms with Gasteiger partial charge in [0.1, 0.15) is 11.6 Å². The van der Waals surface area contributed by atoms with E-state index in [2.05, 4.69) is 15.3 Å². The summed E-state index contributed by atoms with van der Waals surface area (Å²) in [4.78, 5) is 20.3. The first-order chi connectivity index (χ1) is 9.60. The van der Waals surface area contributed by atoms with Gasteiger partial charge in [-0.25, -0.2) is 9.97 Å². The normalized spacial score (nSPS) is 10.1. The number of aryl methyl sites for hydroxylation is 1. The molecule has 0 aliphatic carbocycles. The van der Waals surface area contributed by atoms with Gasteiger partial charge in [0.05, 0.1) is 25.0 Å². The molecule has 6 heteroatoms. The van der Waals surface area contributed by atoms with E-state index < -0.39 is 0 Å². The maximum atomic E-state index is 12.0. The van der Waals surface area contributed by atoms with Crippen LogP contribution in [0.3, 0.4) is 0 Å². The van der Waals surface area contributed by atoms with Gasteiger partial charge in [-0.15, -0.1) is 0 Å². The number of hydrogen-bond donors (Lipinski definition) is 2. The second-order valence-corrected chi connectivity index (χ2v) is 4.23. The van der Waals surface area contributed by atoms with E-state index in [-0.39, 0.29) is 5.91 Å². The maximum Gasteiger partial charge on any atom is 0.251 e. The molecule has 1 aromatic heterocycles. The molecule has 0 unspecified atom stereocenters. The first-order valence-corrected chi connectivity index (χ1v) is 6.10. The quantitative estimate of drug-likeness (QED) is 0.819. The van der Waals surface area contributed by atoms with Gasteiger partial charge in [0.25, 0.3) is 5.91 Å². The Morgan fingerprint density at radius 2 is 2.20 bits per heavy atom. The zero-order valence-electron chi connectivity index (χ0n) is 11.4. The van der Waals surface area contributed by atoms with Gasteiger partial charge in [0, 0.05) is 11.8 Å². The maximum absolute atomic E-state index is 12.0. The van der Waals surface area contributed by atoms with Crippen molar-refractivity contribution < 1.29 is 9.53 Å². The molecule has 0 aliphatic heterocycles. The Morgan fingerprint density at radius 1 is 1.40 bits per heavy atom. The van der Waals surface area contributed by atoms with Gasteiger partial charge in [-0.3, -0.25) is 4.79 Å². The Balaban J connectivity index is 2.05. The predicted octanol–water partition coefficient (Wildman–Crippen LogP) is 1.31. The first-order valence-electron chi connectivity index (χ1n) is 6.10. The van der Waals surface area contributed by atoms with Crippen molar-refractivity contribution in [2.45, 2.75) is 13.5 Å². The summed E-state index contributed by atoms with van der Waals surface area (Å²) >= 11 is 0. The number of nitrogens with two attached hydrogens (primary N) is 1. The molecule has 104 valence electrons. The van der Waals surface area contributed by atoms with Crippen LogP contribution in [0, 0.1) is 6.92 Å². The minimum Gasteiger partial charge on any atom is -0.495 e. The summed E-state index contributed by atoms with van der Waals surface area (Å²) in [7, 11) is 1.51. The standard InChI is InChI=1S/C14H16N4O2/c1-9-16-6-5-11(18-9)8-17-14(19)10-3-4-12(15)13(7-10)20-2/h3-7H,8,15H2,1-2H3,(H,17,19). The Kier molecular flexibility index (Phi) is 4.14. The molecule has 3 N–H and O–H groups in total. The molecule has 0 spiro atoms. The molecule has 0 fully saturated rings. The highest BCUT2D eigenvalue weighted by Crippen LogP contribution is 2.21. The molecule has 2 aromatic rings. The van der Waals surface area contributed by atoms with E-state index in [9.17, 15) is 4.79 Å². The van der Waals surface area contributed by atoms with Crippen LogP contribution >= 0.6 is 0 Å². The number of carbonyl (C=O) groups excluding carboxylic acids is 1. The van der Waals surface area contributed by atoms with Gasteiger partial charge in [-0.2, -0.15) is 0 Å². The Bertz CT molecular complexity index is 628. The molecule has 20 heavy (non-hydrogen) atoms. The van der Waals surface area contributed by atoms with Crippen molar-refractivity contribution in [1.82, 2.24) is 15.3 Å². The second-order valence-electron chi connectivity index (χ2n) is 4.23. The molecular formula is C14H16N4O2. The van der Waals surface area contributed by atoms with E-state index in [4.69, 9.17) is 10.5 Å². The van der Waals surface area contributed by atoms with Crippen molar-refractivity contribution in [2.24, 2.45) is 0 Å². The second kappa shape index (κ2) is 6.01. The summed E-state index contributed by atoms with van der Waals surface area (Å²) in [6, 6.07) is 6.66. The van der Waals surface area contributed by atoms with Crippen molar-refractivity contribution in [1.29, 1.82) is 0 Å². The third-order valence-electron chi connectivity index (χ3n) is 2.76. The van der Waals surface area contributed by atoms with Crippen molar-refractivity contribution in [3.8, 4) is 5.75 Å². The largest absolute Gasteiger partial charge is 0.495 e. The highest BCUT2D eigenvalue weighted by atomic mass is 16.5. The zero-order chi connectivity index (χ0) is 14.5. The van der Waals surface area contributed by atoms with Crippen LogP contribution in [0.15, 0.2) is 30.5 Å². The minimum absolute atomic E-state index is 0.209. The Hall–Kier alpha value is -2.63. The van der Waals surface area contributed by atoms with Crippen LogP contribution in [-0.2, 0) is 6.54 Å². The summed E-state index contributed by atoms with van der Waals surface area (Å²) in [6.45, 7) is 2.14. The molecule has 0 bridgehead atoms. The van der Waals surface area contributed by atoms with E-state index >= 15 is 0 Å². The van der Waals surface area contributed by atoms with Crippen LogP contribution < -0.4 is 15.8 Å². The van der Waals surface area contributed by atoms with Gasteiger partial charge < -0.3 is 15.8 Å². The van der Waals surface area contributed by atoms with Crippen molar-refractivity contribution >= 4 is 11.6 Å². The van der Waals surface area contributed by atoms with Crippen LogP contribution in [0.4, 0.5) is 5.69 Å². The molecule has 0 saturated carbocycles. The van der Waals surface area contributed by atoms with E-state index in [1.165, 1.54) is 7.11 Å². The average Bonchev–Trinajstić information content (AvgIpc) is 2.45. The lowest BCUT2D eigenvalue weighted by Gasteiger charge is -2.08. The fourth-order valence-corrected chi connectivity index (χ4v) is 1.73. The summed E-state index contributed by atoms with van der Waals surface area (Å²) in [6.07, 6.45) is 1.66. The summed E-state index contributed by atoms with van der Waals surface area (Å²) in [5.41, 5.74) is 7.45. The molecule has 0 saturated heterocycles. The van der Waals surface area contributed by atoms with E-state index in [0.717, 1.165) is 5.69 Å². The number of ether oxygens (including phenoxy) is 1. The number of methoxy groups -OCH3 is 1. The SMILES string of the molecule is COc1cc(C(=O)NCc2ccnc(C)n2)ccc1N. The summed E-state index contributed by atoms with van der Waals surface area (Å²) in [5.74, 6) is 0.945. The predicted molar refractivity (Wildman–Crippen MR) is 75.3 cm³/mol. The number of rotatable bonds is 4. The third kappa shape index (κ3) is 3.23. The number of amides is 1. The third-order valence-corrected chi connectivity index (χ3v) is 2.76. The number of nitrogens with one attached hydrogen (secondary N) is 1. The highest BCUT2D eigenvalue weighted by Gasteiger charge is 2.09. The lowest BCUT2D eigenvalue weighted by molar-refractivity contribution is 0.0950. The molecule has 6 nitrogen and oxygen atoms in total. The van der Waals surface area contributed by atoms with Crippen LogP contribution in [0.5, 0.6) is 5.75 Å². The molecule has 1 amide bonds. The number of hydrogen-bond acceptors (Lipinski definition) is 5. The number of anilines is 1. The minimum atomic E-state index is -0.209. The van der Waals surface area contributed by atoms with Gasteiger partial charge in [-0.05, 0) is 31.2 Å². The van der Waals surface area contributed by atoms with Gasteiger partial charge >= 0.3 is 0 Å². The lowest BCUT2D eigenvalue weighted by atomic mass is 10.1. The number of nitrogen functional groups attached to an aromatic ring is 1. The van der Waals surface area contributed by atoms with E-state index in [0.29, 0.717) is 29.4 Å². The summed E-state index contributed by atoms with van der Waals surface area (Å²) in [5, 5.41) is 2.79. The Morgan fingerprint density at radius 3 is 2.90 bits per heavy atom.